The van der Waals surface area contributed by atoms with Gasteiger partial charge in [-0.05, 0) is 0 Å². The summed E-state index contributed by atoms with van der Waals surface area (Å²) in [5, 5.41) is 0. The normalized spacial score (nSPS) is 0. The second kappa shape index (κ2) is 22.3. The predicted octanol–water partition coefficient (Wildman–Crippen LogP) is 0.0738. The molecule has 28 valence electrons. The molecule has 0 saturated carbocycles. The molecule has 0 amide bonds. The van der Waals surface area contributed by atoms with Crippen molar-refractivity contribution in [2.45, 2.75) is 0 Å². The molecule has 4 heavy (non-hydrogen) atoms. The van der Waals surface area contributed by atoms with Crippen molar-refractivity contribution in [2.75, 3.05) is 0 Å². The van der Waals surface area contributed by atoms with Gasteiger partial charge < -0.3 is 0 Å². The zero-order valence-corrected chi connectivity index (χ0v) is 5.68. The Kier molecular flexibility index (Phi) is 242. The summed E-state index contributed by atoms with van der Waals surface area (Å²) in [5.41, 5.74) is 0. The SMILES string of the molecule is [C].[Fe].[Mo].[Ni]. The van der Waals surface area contributed by atoms with Gasteiger partial charge >= 0.3 is 0 Å². The van der Waals surface area contributed by atoms with Crippen LogP contribution >= 0.6 is 0 Å². The molecule has 0 bridgehead atoms. The maximum atomic E-state index is 0. The van der Waals surface area contributed by atoms with Crippen LogP contribution in [-0.2, 0) is 54.6 Å². The fourth-order valence-corrected chi connectivity index (χ4v) is 0. The van der Waals surface area contributed by atoms with Crippen LogP contribution in [0.15, 0.2) is 0 Å². The Hall–Kier alpha value is 1.70. The van der Waals surface area contributed by atoms with E-state index in [-0.39, 0.29) is 62.1 Å². The van der Waals surface area contributed by atoms with E-state index in [0.717, 1.165) is 0 Å². The van der Waals surface area contributed by atoms with E-state index < -0.39 is 0 Å². The van der Waals surface area contributed by atoms with E-state index in [1.165, 1.54) is 0 Å². The van der Waals surface area contributed by atoms with Crippen molar-refractivity contribution in [2.24, 2.45) is 0 Å². The Balaban J connectivity index is 0. The van der Waals surface area contributed by atoms with Crippen LogP contribution in [0.5, 0.6) is 0 Å². The zero-order valence-electron chi connectivity index (χ0n) is 1.58. The Bertz CT molecular complexity index is 8.00. The van der Waals surface area contributed by atoms with Gasteiger partial charge in [-0.15, -0.1) is 0 Å². The van der Waals surface area contributed by atoms with E-state index in [0.29, 0.717) is 0 Å². The summed E-state index contributed by atoms with van der Waals surface area (Å²) in [7, 11) is 0. The first-order valence-electron chi connectivity index (χ1n) is 0. The van der Waals surface area contributed by atoms with Crippen molar-refractivity contribution in [3.8, 4) is 0 Å². The largest absolute Gasteiger partial charge is 0 e. The smallest absolute Gasteiger partial charge is 0 e. The minimum absolute atomic E-state index is 0. The topological polar surface area (TPSA) is 0 Å². The van der Waals surface area contributed by atoms with Crippen molar-refractivity contribution in [1.29, 1.82) is 0 Å². The Morgan fingerprint density at radius 1 is 1.00 bits per heavy atom. The Morgan fingerprint density at radius 3 is 1.00 bits per heavy atom. The molecule has 0 nitrogen and oxygen atoms in total. The average molecular weight is 222 g/mol. The quantitative estimate of drug-likeness (QED) is 0.509. The molecule has 0 spiro atoms. The number of hydrogen-bond donors (Lipinski definition) is 0. The standard InChI is InChI=1S/C.Fe.Mo.Ni. The molecule has 0 aromatic heterocycles. The summed E-state index contributed by atoms with van der Waals surface area (Å²) in [6, 6.07) is 0. The monoisotopic (exact) mass is 224 g/mol. The van der Waals surface area contributed by atoms with Crippen LogP contribution in [0.1, 0.15) is 0 Å². The van der Waals surface area contributed by atoms with E-state index in [1.54, 1.807) is 0 Å². The van der Waals surface area contributed by atoms with E-state index in [4.69, 9.17) is 0 Å². The summed E-state index contributed by atoms with van der Waals surface area (Å²) >= 11 is 0. The molecular weight excluding hydrogens is 222 g/mol. The molecule has 0 aromatic carbocycles. The fourth-order valence-electron chi connectivity index (χ4n) is 0. The molecule has 4 radical (unpaired) electrons. The molecule has 0 aliphatic rings. The van der Waals surface area contributed by atoms with Crippen LogP contribution in [0.3, 0.4) is 0 Å². The third kappa shape index (κ3) is 9.33. The second-order valence-corrected chi connectivity index (χ2v) is 0. The molecule has 0 N–H and O–H groups in total. The van der Waals surface area contributed by atoms with Crippen molar-refractivity contribution < 1.29 is 54.6 Å². The van der Waals surface area contributed by atoms with Crippen LogP contribution in [0, 0.1) is 7.43 Å². The molecule has 0 unspecified atom stereocenters. The fraction of sp³-hybridized carbons (Fsp3) is 0. The number of hydrogen-bond acceptors (Lipinski definition) is 0. The van der Waals surface area contributed by atoms with Gasteiger partial charge in [-0.3, -0.25) is 0 Å². The summed E-state index contributed by atoms with van der Waals surface area (Å²) < 4.78 is 0. The van der Waals surface area contributed by atoms with Crippen LogP contribution in [0.2, 0.25) is 0 Å². The first kappa shape index (κ1) is 43.5. The molecule has 0 fully saturated rings. The van der Waals surface area contributed by atoms with E-state index >= 15 is 0 Å². The van der Waals surface area contributed by atoms with Crippen molar-refractivity contribution in [3.05, 3.63) is 7.43 Å². The van der Waals surface area contributed by atoms with Gasteiger partial charge in [0.05, 0.1) is 0 Å². The first-order chi connectivity index (χ1) is 0. The molecule has 0 aromatic rings. The first-order valence-corrected chi connectivity index (χ1v) is 0. The van der Waals surface area contributed by atoms with Crippen LogP contribution in [0.4, 0.5) is 0 Å². The van der Waals surface area contributed by atoms with Crippen LogP contribution in [0.25, 0.3) is 0 Å². The summed E-state index contributed by atoms with van der Waals surface area (Å²) in [6.07, 6.45) is 0. The van der Waals surface area contributed by atoms with Crippen molar-refractivity contribution >= 4 is 0 Å². The number of rotatable bonds is 0. The maximum Gasteiger partial charge on any atom is 0 e. The third-order valence-electron chi connectivity index (χ3n) is 0. The van der Waals surface area contributed by atoms with Gasteiger partial charge in [0, 0.05) is 62.1 Å². The van der Waals surface area contributed by atoms with E-state index in [2.05, 4.69) is 0 Å². The average Bonchev–Trinajstić information content (AvgIpc) is 0. The summed E-state index contributed by atoms with van der Waals surface area (Å²) in [4.78, 5) is 0. The van der Waals surface area contributed by atoms with Gasteiger partial charge in [0.2, 0.25) is 0 Å². The zero-order chi connectivity index (χ0) is 0. The van der Waals surface area contributed by atoms with Gasteiger partial charge in [-0.25, -0.2) is 0 Å². The molecular formula is CFeMoNi. The van der Waals surface area contributed by atoms with Gasteiger partial charge in [-0.1, -0.05) is 0 Å². The summed E-state index contributed by atoms with van der Waals surface area (Å²) in [6.45, 7) is 0. The molecule has 0 heterocycles. The second-order valence-electron chi connectivity index (χ2n) is 0. The summed E-state index contributed by atoms with van der Waals surface area (Å²) in [5.74, 6) is 0. The Morgan fingerprint density at radius 2 is 1.00 bits per heavy atom. The Labute approximate surface area is 61.8 Å². The van der Waals surface area contributed by atoms with Crippen molar-refractivity contribution in [3.63, 3.8) is 0 Å². The van der Waals surface area contributed by atoms with Gasteiger partial charge in [0.25, 0.3) is 0 Å². The van der Waals surface area contributed by atoms with Crippen molar-refractivity contribution in [1.82, 2.24) is 0 Å². The molecule has 0 aliphatic carbocycles. The van der Waals surface area contributed by atoms with E-state index in [1.807, 2.05) is 0 Å². The van der Waals surface area contributed by atoms with Crippen LogP contribution in [-0.4, -0.2) is 0 Å². The van der Waals surface area contributed by atoms with Gasteiger partial charge in [0.1, 0.15) is 0 Å². The molecule has 0 saturated heterocycles. The molecule has 3 heteroatoms. The van der Waals surface area contributed by atoms with Crippen LogP contribution < -0.4 is 0 Å². The maximum absolute atomic E-state index is 0. The predicted molar refractivity (Wildman–Crippen MR) is 3.24 cm³/mol. The minimum atomic E-state index is 0. The third-order valence-corrected chi connectivity index (χ3v) is 0. The minimum Gasteiger partial charge on any atom is 0 e. The van der Waals surface area contributed by atoms with Gasteiger partial charge in [0.15, 0.2) is 0 Å². The van der Waals surface area contributed by atoms with Gasteiger partial charge in [-0.2, -0.15) is 0 Å². The molecule has 0 atom stereocenters. The van der Waals surface area contributed by atoms with E-state index in [9.17, 15) is 0 Å². The molecule has 0 rings (SSSR count). The molecule has 0 aliphatic heterocycles.